The first-order chi connectivity index (χ1) is 11.3. The summed E-state index contributed by atoms with van der Waals surface area (Å²) in [6.45, 7) is 2.20. The van der Waals surface area contributed by atoms with Crippen molar-refractivity contribution in [1.29, 1.82) is 0 Å². The Hall–Kier alpha value is -2.39. The molecule has 0 aliphatic rings. The van der Waals surface area contributed by atoms with Gasteiger partial charge >= 0.3 is 11.9 Å². The highest BCUT2D eigenvalue weighted by atomic mass is 32.2. The molecule has 0 saturated carbocycles. The number of rotatable bonds is 8. The van der Waals surface area contributed by atoms with Gasteiger partial charge < -0.3 is 14.8 Å². The zero-order valence-corrected chi connectivity index (χ0v) is 14.5. The fourth-order valence-corrected chi connectivity index (χ4v) is 2.76. The monoisotopic (exact) mass is 356 g/mol. The molecule has 9 heteroatoms. The third-order valence-electron chi connectivity index (χ3n) is 2.85. The van der Waals surface area contributed by atoms with Crippen molar-refractivity contribution in [2.75, 3.05) is 26.1 Å². The predicted octanol–water partition coefficient (Wildman–Crippen LogP) is 1.02. The lowest BCUT2D eigenvalue weighted by Gasteiger charge is -2.10. The number of hydrogen-bond acceptors (Lipinski definition) is 7. The van der Waals surface area contributed by atoms with E-state index in [1.807, 2.05) is 6.92 Å². The normalized spacial score (nSPS) is 11.7. The molecule has 2 N–H and O–H groups in total. The highest BCUT2D eigenvalue weighted by Crippen LogP contribution is 2.16. The van der Waals surface area contributed by atoms with E-state index in [1.54, 1.807) is 0 Å². The molecule has 0 fully saturated rings. The first-order valence-corrected chi connectivity index (χ1v) is 8.57. The lowest BCUT2D eigenvalue weighted by molar-refractivity contribution is -0.138. The molecule has 0 unspecified atom stereocenters. The van der Waals surface area contributed by atoms with Gasteiger partial charge in [0.05, 0.1) is 25.2 Å². The molecule has 0 bridgehead atoms. The Morgan fingerprint density at radius 3 is 2.25 bits per heavy atom. The van der Waals surface area contributed by atoms with Crippen LogP contribution in [0.25, 0.3) is 0 Å². The van der Waals surface area contributed by atoms with Gasteiger partial charge in [0.1, 0.15) is 5.70 Å². The number of ether oxygens (including phenoxy) is 2. The van der Waals surface area contributed by atoms with Gasteiger partial charge in [-0.3, -0.25) is 0 Å². The van der Waals surface area contributed by atoms with Crippen LogP contribution < -0.4 is 10.0 Å². The van der Waals surface area contributed by atoms with Gasteiger partial charge in [-0.05, 0) is 30.7 Å². The average Bonchev–Trinajstić information content (AvgIpc) is 2.59. The Labute approximate surface area is 140 Å². The van der Waals surface area contributed by atoms with E-state index in [1.165, 1.54) is 38.5 Å². The number of carbonyl (C=O) groups is 2. The minimum absolute atomic E-state index is 0.0954. The highest BCUT2D eigenvalue weighted by molar-refractivity contribution is 7.89. The van der Waals surface area contributed by atoms with Crippen LogP contribution in [0.4, 0.5) is 5.69 Å². The van der Waals surface area contributed by atoms with Gasteiger partial charge in [0, 0.05) is 12.2 Å². The SMILES string of the molecule is CCCNS(=O)(=O)c1ccc(N/C(=C/C(=O)OC)C(=O)OC)cc1. The second-order valence-electron chi connectivity index (χ2n) is 4.62. The minimum atomic E-state index is -3.57. The zero-order chi connectivity index (χ0) is 18.2. The molecule has 1 rings (SSSR count). The summed E-state index contributed by atoms with van der Waals surface area (Å²) >= 11 is 0. The summed E-state index contributed by atoms with van der Waals surface area (Å²) in [5, 5.41) is 2.69. The number of nitrogens with one attached hydrogen (secondary N) is 2. The molecule has 0 heterocycles. The van der Waals surface area contributed by atoms with Gasteiger partial charge in [0.25, 0.3) is 0 Å². The van der Waals surface area contributed by atoms with Crippen LogP contribution in [0, 0.1) is 0 Å². The number of esters is 2. The first kappa shape index (κ1) is 19.7. The molecule has 132 valence electrons. The predicted molar refractivity (Wildman–Crippen MR) is 87.7 cm³/mol. The zero-order valence-electron chi connectivity index (χ0n) is 13.7. The molecule has 0 spiro atoms. The van der Waals surface area contributed by atoms with Crippen LogP contribution >= 0.6 is 0 Å². The summed E-state index contributed by atoms with van der Waals surface area (Å²) in [5.74, 6) is -1.49. The molecule has 0 aliphatic carbocycles. The van der Waals surface area contributed by atoms with E-state index >= 15 is 0 Å². The van der Waals surface area contributed by atoms with Crippen LogP contribution in [0.2, 0.25) is 0 Å². The fraction of sp³-hybridized carbons (Fsp3) is 0.333. The summed E-state index contributed by atoms with van der Waals surface area (Å²) in [4.78, 5) is 23.0. The number of sulfonamides is 1. The van der Waals surface area contributed by atoms with E-state index in [2.05, 4.69) is 19.5 Å². The van der Waals surface area contributed by atoms with Gasteiger partial charge in [-0.2, -0.15) is 0 Å². The smallest absolute Gasteiger partial charge is 0.354 e. The topological polar surface area (TPSA) is 111 Å². The molecule has 0 amide bonds. The molecule has 0 radical (unpaired) electrons. The van der Waals surface area contributed by atoms with Crippen molar-refractivity contribution < 1.29 is 27.5 Å². The quantitative estimate of drug-likeness (QED) is 0.528. The summed E-state index contributed by atoms with van der Waals surface area (Å²) in [5.41, 5.74) is 0.272. The molecule has 1 aromatic rings. The average molecular weight is 356 g/mol. The van der Waals surface area contributed by atoms with Crippen molar-refractivity contribution in [2.24, 2.45) is 0 Å². The maximum atomic E-state index is 12.0. The molecule has 1 aromatic carbocycles. The van der Waals surface area contributed by atoms with Crippen LogP contribution in [0.3, 0.4) is 0 Å². The largest absolute Gasteiger partial charge is 0.466 e. The van der Waals surface area contributed by atoms with Crippen molar-refractivity contribution in [2.45, 2.75) is 18.2 Å². The summed E-state index contributed by atoms with van der Waals surface area (Å²) in [7, 11) is -1.22. The Bertz CT molecular complexity index is 710. The summed E-state index contributed by atoms with van der Waals surface area (Å²) < 4.78 is 35.5. The second kappa shape index (κ2) is 9.04. The maximum Gasteiger partial charge on any atom is 0.354 e. The highest BCUT2D eigenvalue weighted by Gasteiger charge is 2.15. The first-order valence-electron chi connectivity index (χ1n) is 7.08. The molecular formula is C15H20N2O6S. The Balaban J connectivity index is 2.97. The maximum absolute atomic E-state index is 12.0. The molecule has 0 aromatic heterocycles. The lowest BCUT2D eigenvalue weighted by atomic mass is 10.3. The number of anilines is 1. The number of benzene rings is 1. The van der Waals surface area contributed by atoms with E-state index in [-0.39, 0.29) is 10.6 Å². The van der Waals surface area contributed by atoms with Crippen molar-refractivity contribution in [1.82, 2.24) is 4.72 Å². The third-order valence-corrected chi connectivity index (χ3v) is 4.33. The van der Waals surface area contributed by atoms with E-state index in [0.717, 1.165) is 6.08 Å². The van der Waals surface area contributed by atoms with E-state index in [9.17, 15) is 18.0 Å². The van der Waals surface area contributed by atoms with Crippen molar-refractivity contribution >= 4 is 27.6 Å². The van der Waals surface area contributed by atoms with Crippen LogP contribution in [0.15, 0.2) is 40.9 Å². The second-order valence-corrected chi connectivity index (χ2v) is 6.39. The molecule has 24 heavy (non-hydrogen) atoms. The van der Waals surface area contributed by atoms with Crippen LogP contribution in [-0.2, 0) is 29.1 Å². The van der Waals surface area contributed by atoms with E-state index < -0.39 is 22.0 Å². The number of methoxy groups -OCH3 is 2. The Morgan fingerprint density at radius 1 is 1.12 bits per heavy atom. The minimum Gasteiger partial charge on any atom is -0.466 e. The fourth-order valence-electron chi connectivity index (χ4n) is 1.63. The van der Waals surface area contributed by atoms with Crippen LogP contribution in [0.1, 0.15) is 13.3 Å². The van der Waals surface area contributed by atoms with Gasteiger partial charge in [0.15, 0.2) is 0 Å². The number of carbonyl (C=O) groups excluding carboxylic acids is 2. The van der Waals surface area contributed by atoms with Crippen molar-refractivity contribution in [3.05, 3.63) is 36.0 Å². The molecule has 8 nitrogen and oxygen atoms in total. The summed E-state index contributed by atoms with van der Waals surface area (Å²) in [6.07, 6.45) is 1.62. The third kappa shape index (κ3) is 5.67. The Kier molecular flexibility index (Phi) is 7.40. The Morgan fingerprint density at radius 2 is 1.75 bits per heavy atom. The van der Waals surface area contributed by atoms with E-state index in [4.69, 9.17) is 0 Å². The molecular weight excluding hydrogens is 336 g/mol. The van der Waals surface area contributed by atoms with Crippen molar-refractivity contribution in [3.63, 3.8) is 0 Å². The van der Waals surface area contributed by atoms with Gasteiger partial charge in [-0.1, -0.05) is 6.92 Å². The van der Waals surface area contributed by atoms with Gasteiger partial charge in [-0.25, -0.2) is 22.7 Å². The number of hydrogen-bond donors (Lipinski definition) is 2. The van der Waals surface area contributed by atoms with Crippen molar-refractivity contribution in [3.8, 4) is 0 Å². The van der Waals surface area contributed by atoms with E-state index in [0.29, 0.717) is 18.7 Å². The summed E-state index contributed by atoms with van der Waals surface area (Å²) in [6, 6.07) is 5.70. The van der Waals surface area contributed by atoms with Gasteiger partial charge in [0.2, 0.25) is 10.0 Å². The molecule has 0 atom stereocenters. The van der Waals surface area contributed by atoms with Crippen LogP contribution in [-0.4, -0.2) is 41.1 Å². The lowest BCUT2D eigenvalue weighted by Crippen LogP contribution is -2.24. The molecule has 0 aliphatic heterocycles. The van der Waals surface area contributed by atoms with Crippen LogP contribution in [0.5, 0.6) is 0 Å². The standard InChI is InChI=1S/C15H20N2O6S/c1-4-9-16-24(20,21)12-7-5-11(6-8-12)17-13(15(19)23-3)10-14(18)22-2/h5-8,10,16-17H,4,9H2,1-3H3/b13-10+. The van der Waals surface area contributed by atoms with Gasteiger partial charge in [-0.15, -0.1) is 0 Å². The molecule has 0 saturated heterocycles.